The SMILES string of the molecule is CCc1ccc(C(O)C2CCCCS2(=O)=O)cc1CC. The highest BCUT2D eigenvalue weighted by Crippen LogP contribution is 2.31. The normalized spacial score (nSPS) is 23.4. The molecule has 3 nitrogen and oxygen atoms in total. The predicted molar refractivity (Wildman–Crippen MR) is 81.6 cm³/mol. The fourth-order valence-electron chi connectivity index (χ4n) is 3.05. The predicted octanol–water partition coefficient (Wildman–Crippen LogP) is 2.81. The van der Waals surface area contributed by atoms with Gasteiger partial charge in [-0.3, -0.25) is 0 Å². The van der Waals surface area contributed by atoms with Crippen LogP contribution in [0.15, 0.2) is 18.2 Å². The molecule has 0 bridgehead atoms. The van der Waals surface area contributed by atoms with Gasteiger partial charge in [-0.25, -0.2) is 8.42 Å². The number of rotatable bonds is 4. The Labute approximate surface area is 121 Å². The quantitative estimate of drug-likeness (QED) is 0.929. The first-order chi connectivity index (χ1) is 9.49. The van der Waals surface area contributed by atoms with Gasteiger partial charge in [0.1, 0.15) is 0 Å². The lowest BCUT2D eigenvalue weighted by Gasteiger charge is -2.27. The van der Waals surface area contributed by atoms with Gasteiger partial charge in [0.05, 0.1) is 17.1 Å². The number of aryl methyl sites for hydroxylation is 2. The average Bonchev–Trinajstić information content (AvgIpc) is 2.45. The van der Waals surface area contributed by atoms with E-state index in [2.05, 4.69) is 13.8 Å². The highest BCUT2D eigenvalue weighted by Gasteiger charge is 2.35. The molecule has 0 aromatic heterocycles. The third kappa shape index (κ3) is 3.07. The van der Waals surface area contributed by atoms with Crippen molar-refractivity contribution in [1.29, 1.82) is 0 Å². The highest BCUT2D eigenvalue weighted by molar-refractivity contribution is 7.92. The molecule has 1 aromatic carbocycles. The lowest BCUT2D eigenvalue weighted by Crippen LogP contribution is -2.33. The topological polar surface area (TPSA) is 54.4 Å². The summed E-state index contributed by atoms with van der Waals surface area (Å²) >= 11 is 0. The van der Waals surface area contributed by atoms with E-state index in [1.165, 1.54) is 11.1 Å². The van der Waals surface area contributed by atoms with Crippen molar-refractivity contribution in [1.82, 2.24) is 0 Å². The van der Waals surface area contributed by atoms with Crippen LogP contribution in [0, 0.1) is 0 Å². The first-order valence-corrected chi connectivity index (χ1v) is 9.22. The van der Waals surface area contributed by atoms with E-state index < -0.39 is 21.2 Å². The summed E-state index contributed by atoms with van der Waals surface area (Å²) in [6.45, 7) is 4.19. The van der Waals surface area contributed by atoms with E-state index >= 15 is 0 Å². The van der Waals surface area contributed by atoms with Crippen LogP contribution in [0.5, 0.6) is 0 Å². The molecule has 1 heterocycles. The third-order valence-electron chi connectivity index (χ3n) is 4.31. The molecule has 1 aromatic rings. The van der Waals surface area contributed by atoms with Gasteiger partial charge in [0, 0.05) is 0 Å². The lowest BCUT2D eigenvalue weighted by atomic mass is 9.95. The average molecular weight is 296 g/mol. The Morgan fingerprint density at radius 2 is 1.90 bits per heavy atom. The molecule has 0 aliphatic carbocycles. The van der Waals surface area contributed by atoms with Gasteiger partial charge in [-0.15, -0.1) is 0 Å². The molecule has 20 heavy (non-hydrogen) atoms. The smallest absolute Gasteiger partial charge is 0.156 e. The molecular formula is C16H24O3S. The Bertz CT molecular complexity index is 563. The molecule has 0 radical (unpaired) electrons. The van der Waals surface area contributed by atoms with Crippen LogP contribution in [0.2, 0.25) is 0 Å². The number of hydrogen-bond acceptors (Lipinski definition) is 3. The number of sulfone groups is 1. The second kappa shape index (κ2) is 6.27. The molecule has 0 saturated carbocycles. The summed E-state index contributed by atoms with van der Waals surface area (Å²) in [6, 6.07) is 5.88. The second-order valence-corrected chi connectivity index (χ2v) is 7.92. The number of benzene rings is 1. The van der Waals surface area contributed by atoms with E-state index in [1.54, 1.807) is 0 Å². The van der Waals surface area contributed by atoms with Crippen molar-refractivity contribution in [3.63, 3.8) is 0 Å². The molecule has 1 aliphatic heterocycles. The summed E-state index contributed by atoms with van der Waals surface area (Å²) < 4.78 is 24.2. The zero-order valence-electron chi connectivity index (χ0n) is 12.3. The second-order valence-electron chi connectivity index (χ2n) is 5.58. The van der Waals surface area contributed by atoms with Crippen LogP contribution in [-0.2, 0) is 22.7 Å². The summed E-state index contributed by atoms with van der Waals surface area (Å²) in [6.07, 6.45) is 3.15. The van der Waals surface area contributed by atoms with Crippen molar-refractivity contribution < 1.29 is 13.5 Å². The number of aliphatic hydroxyl groups is 1. The number of aliphatic hydroxyl groups excluding tert-OH is 1. The maximum atomic E-state index is 12.1. The fourth-order valence-corrected chi connectivity index (χ4v) is 5.04. The van der Waals surface area contributed by atoms with Crippen molar-refractivity contribution in [3.8, 4) is 0 Å². The van der Waals surface area contributed by atoms with E-state index in [0.717, 1.165) is 31.2 Å². The molecule has 1 aliphatic rings. The maximum absolute atomic E-state index is 12.1. The Morgan fingerprint density at radius 1 is 1.20 bits per heavy atom. The molecule has 1 saturated heterocycles. The molecule has 1 fully saturated rings. The molecule has 4 heteroatoms. The van der Waals surface area contributed by atoms with Crippen LogP contribution in [0.4, 0.5) is 0 Å². The first kappa shape index (κ1) is 15.5. The third-order valence-corrected chi connectivity index (χ3v) is 6.59. The van der Waals surface area contributed by atoms with Gasteiger partial charge in [0.15, 0.2) is 9.84 Å². The highest BCUT2D eigenvalue weighted by atomic mass is 32.2. The fraction of sp³-hybridized carbons (Fsp3) is 0.625. The van der Waals surface area contributed by atoms with E-state index in [0.29, 0.717) is 6.42 Å². The summed E-state index contributed by atoms with van der Waals surface area (Å²) in [5, 5.41) is 9.85. The van der Waals surface area contributed by atoms with Gasteiger partial charge in [-0.05, 0) is 42.4 Å². The van der Waals surface area contributed by atoms with Crippen molar-refractivity contribution in [2.75, 3.05) is 5.75 Å². The van der Waals surface area contributed by atoms with Crippen molar-refractivity contribution in [2.45, 2.75) is 57.3 Å². The van der Waals surface area contributed by atoms with Gasteiger partial charge < -0.3 is 5.11 Å². The van der Waals surface area contributed by atoms with E-state index in [1.807, 2.05) is 18.2 Å². The molecular weight excluding hydrogens is 272 g/mol. The monoisotopic (exact) mass is 296 g/mol. The Morgan fingerprint density at radius 3 is 2.50 bits per heavy atom. The number of hydrogen-bond donors (Lipinski definition) is 1. The Kier molecular flexibility index (Phi) is 4.86. The van der Waals surface area contributed by atoms with Gasteiger partial charge in [0.25, 0.3) is 0 Å². The minimum absolute atomic E-state index is 0.211. The van der Waals surface area contributed by atoms with Crippen LogP contribution in [0.25, 0.3) is 0 Å². The molecule has 2 unspecified atom stereocenters. The van der Waals surface area contributed by atoms with E-state index in [-0.39, 0.29) is 5.75 Å². The van der Waals surface area contributed by atoms with E-state index in [9.17, 15) is 13.5 Å². The first-order valence-electron chi connectivity index (χ1n) is 7.51. The summed E-state index contributed by atoms with van der Waals surface area (Å²) in [5.74, 6) is 0.211. The van der Waals surface area contributed by atoms with Crippen LogP contribution in [0.3, 0.4) is 0 Å². The minimum Gasteiger partial charge on any atom is -0.387 e. The van der Waals surface area contributed by atoms with Gasteiger partial charge in [-0.2, -0.15) is 0 Å². The standard InChI is InChI=1S/C16H24O3S/c1-3-12-8-9-14(11-13(12)4-2)16(17)15-7-5-6-10-20(15,18)19/h8-9,11,15-17H,3-7,10H2,1-2H3. The molecule has 112 valence electrons. The van der Waals surface area contributed by atoms with Crippen molar-refractivity contribution in [2.24, 2.45) is 0 Å². The van der Waals surface area contributed by atoms with Crippen LogP contribution in [0.1, 0.15) is 55.9 Å². The molecule has 0 spiro atoms. The largest absolute Gasteiger partial charge is 0.387 e. The molecule has 0 amide bonds. The van der Waals surface area contributed by atoms with Gasteiger partial charge in [0.2, 0.25) is 0 Å². The van der Waals surface area contributed by atoms with Gasteiger partial charge >= 0.3 is 0 Å². The summed E-state index contributed by atoms with van der Waals surface area (Å²) in [5.41, 5.74) is 3.22. The van der Waals surface area contributed by atoms with E-state index in [4.69, 9.17) is 0 Å². The molecule has 2 atom stereocenters. The zero-order chi connectivity index (χ0) is 14.8. The van der Waals surface area contributed by atoms with Crippen LogP contribution < -0.4 is 0 Å². The Hall–Kier alpha value is -0.870. The zero-order valence-corrected chi connectivity index (χ0v) is 13.1. The Balaban J connectivity index is 2.31. The maximum Gasteiger partial charge on any atom is 0.156 e. The molecule has 2 rings (SSSR count). The molecule has 1 N–H and O–H groups in total. The van der Waals surface area contributed by atoms with Crippen LogP contribution in [-0.4, -0.2) is 24.5 Å². The van der Waals surface area contributed by atoms with Crippen LogP contribution >= 0.6 is 0 Å². The summed E-state index contributed by atoms with van der Waals surface area (Å²) in [7, 11) is -3.16. The summed E-state index contributed by atoms with van der Waals surface area (Å²) in [4.78, 5) is 0. The van der Waals surface area contributed by atoms with Crippen molar-refractivity contribution >= 4 is 9.84 Å². The minimum atomic E-state index is -3.16. The lowest BCUT2D eigenvalue weighted by molar-refractivity contribution is 0.164. The van der Waals surface area contributed by atoms with Gasteiger partial charge in [-0.1, -0.05) is 38.5 Å². The van der Waals surface area contributed by atoms with Crippen molar-refractivity contribution in [3.05, 3.63) is 34.9 Å².